The van der Waals surface area contributed by atoms with Crippen molar-refractivity contribution in [2.75, 3.05) is 28.6 Å². The van der Waals surface area contributed by atoms with Gasteiger partial charge in [0.1, 0.15) is 0 Å². The third kappa shape index (κ3) is 2.77. The van der Waals surface area contributed by atoms with Crippen LogP contribution in [0.2, 0.25) is 0 Å². The molecule has 136 valence electrons. The van der Waals surface area contributed by atoms with E-state index in [-0.39, 0.29) is 0 Å². The molecule has 0 spiro atoms. The van der Waals surface area contributed by atoms with Gasteiger partial charge in [-0.25, -0.2) is 0 Å². The van der Waals surface area contributed by atoms with Crippen molar-refractivity contribution in [2.24, 2.45) is 0 Å². The predicted molar refractivity (Wildman–Crippen MR) is 108 cm³/mol. The zero-order valence-corrected chi connectivity index (χ0v) is 15.3. The molecule has 0 amide bonds. The summed E-state index contributed by atoms with van der Waals surface area (Å²) >= 11 is 0. The first-order chi connectivity index (χ1) is 13.2. The molecular weight excluding hydrogens is 336 g/mol. The highest BCUT2D eigenvalue weighted by atomic mass is 15.4. The molecule has 2 N–H and O–H groups in total. The van der Waals surface area contributed by atoms with Crippen molar-refractivity contribution < 1.29 is 0 Å². The number of anilines is 3. The molecule has 3 fully saturated rings. The second-order valence-corrected chi connectivity index (χ2v) is 7.38. The van der Waals surface area contributed by atoms with E-state index in [4.69, 9.17) is 5.73 Å². The minimum absolute atomic E-state index is 0.498. The number of aromatic nitrogens is 3. The molecule has 3 saturated heterocycles. The molecule has 3 aliphatic rings. The van der Waals surface area contributed by atoms with E-state index >= 15 is 0 Å². The van der Waals surface area contributed by atoms with Crippen molar-refractivity contribution in [1.82, 2.24) is 15.2 Å². The summed E-state index contributed by atoms with van der Waals surface area (Å²) in [5.74, 6) is 0.502. The van der Waals surface area contributed by atoms with E-state index in [1.54, 1.807) is 0 Å². The molecule has 0 radical (unpaired) electrons. The lowest BCUT2D eigenvalue weighted by Crippen LogP contribution is -2.69. The highest BCUT2D eigenvalue weighted by Crippen LogP contribution is 2.39. The summed E-state index contributed by atoms with van der Waals surface area (Å²) < 4.78 is 0. The number of pyridine rings is 1. The molecule has 5 heterocycles. The first kappa shape index (κ1) is 16.1. The van der Waals surface area contributed by atoms with Gasteiger partial charge < -0.3 is 15.5 Å². The third-order valence-electron chi connectivity index (χ3n) is 5.58. The molecule has 2 atom stereocenters. The van der Waals surface area contributed by atoms with E-state index in [9.17, 15) is 0 Å². The highest BCUT2D eigenvalue weighted by Gasteiger charge is 2.45. The summed E-state index contributed by atoms with van der Waals surface area (Å²) in [4.78, 5) is 9.20. The molecule has 2 unspecified atom stereocenters. The Hall–Kier alpha value is -3.15. The Kier molecular flexibility index (Phi) is 3.70. The Morgan fingerprint density at radius 1 is 1.00 bits per heavy atom. The number of piperidine rings is 1. The van der Waals surface area contributed by atoms with Crippen LogP contribution in [-0.4, -0.2) is 40.4 Å². The van der Waals surface area contributed by atoms with Gasteiger partial charge in [0.05, 0.1) is 11.4 Å². The van der Waals surface area contributed by atoms with E-state index in [2.05, 4.69) is 43.2 Å². The van der Waals surface area contributed by atoms with Gasteiger partial charge in [-0.05, 0) is 31.5 Å². The van der Waals surface area contributed by atoms with Crippen molar-refractivity contribution in [3.63, 3.8) is 0 Å². The van der Waals surface area contributed by atoms with Crippen LogP contribution < -0.4 is 15.5 Å². The number of nitrogens with zero attached hydrogens (tertiary/aromatic N) is 5. The van der Waals surface area contributed by atoms with E-state index < -0.39 is 0 Å². The lowest BCUT2D eigenvalue weighted by atomic mass is 9.86. The van der Waals surface area contributed by atoms with Crippen LogP contribution in [0.5, 0.6) is 0 Å². The molecule has 2 bridgehead atoms. The van der Waals surface area contributed by atoms with Crippen LogP contribution >= 0.6 is 0 Å². The number of hydrogen-bond acceptors (Lipinski definition) is 6. The average molecular weight is 358 g/mol. The lowest BCUT2D eigenvalue weighted by Gasteiger charge is -2.58. The van der Waals surface area contributed by atoms with E-state index in [1.165, 1.54) is 12.1 Å². The maximum Gasteiger partial charge on any atom is 0.169 e. The fraction of sp³-hybridized carbons (Fsp3) is 0.286. The van der Waals surface area contributed by atoms with Crippen LogP contribution in [0.25, 0.3) is 11.3 Å². The summed E-state index contributed by atoms with van der Waals surface area (Å²) in [5.41, 5.74) is 11.4. The number of nitrogens with two attached hydrogens (primary N) is 1. The second kappa shape index (κ2) is 6.23. The normalized spacial score (nSPS) is 21.1. The number of rotatable bonds is 3. The van der Waals surface area contributed by atoms with Gasteiger partial charge in [0, 0.05) is 48.3 Å². The minimum atomic E-state index is 0.498. The molecule has 2 aromatic heterocycles. The second-order valence-electron chi connectivity index (χ2n) is 7.38. The summed E-state index contributed by atoms with van der Waals surface area (Å²) in [6, 6.07) is 17.5. The van der Waals surface area contributed by atoms with Crippen LogP contribution in [0.3, 0.4) is 0 Å². The Balaban J connectivity index is 1.40. The van der Waals surface area contributed by atoms with Gasteiger partial charge in [-0.3, -0.25) is 4.98 Å². The molecule has 6 nitrogen and oxygen atoms in total. The topological polar surface area (TPSA) is 71.2 Å². The van der Waals surface area contributed by atoms with Gasteiger partial charge in [-0.2, -0.15) is 0 Å². The molecule has 27 heavy (non-hydrogen) atoms. The predicted octanol–water partition coefficient (Wildman–Crippen LogP) is 2.90. The molecule has 0 aliphatic carbocycles. The summed E-state index contributed by atoms with van der Waals surface area (Å²) in [6.45, 7) is 3.93. The first-order valence-corrected chi connectivity index (χ1v) is 9.33. The van der Waals surface area contributed by atoms with E-state index in [1.807, 2.05) is 43.5 Å². The highest BCUT2D eigenvalue weighted by molar-refractivity contribution is 5.72. The first-order valence-electron chi connectivity index (χ1n) is 9.33. The Morgan fingerprint density at radius 2 is 1.78 bits per heavy atom. The monoisotopic (exact) mass is 358 g/mol. The average Bonchev–Trinajstić information content (AvgIpc) is 2.69. The van der Waals surface area contributed by atoms with Crippen molar-refractivity contribution in [3.05, 3.63) is 60.4 Å². The quantitative estimate of drug-likeness (QED) is 0.776. The number of aryl methyl sites for hydroxylation is 1. The number of benzene rings is 1. The molecular formula is C21H22N6. The minimum Gasteiger partial charge on any atom is -0.380 e. The SMILES string of the molecule is Cc1cc(N2C3CC2CN(c2cc(-c4ccccc4)nnc2N)C3)ccn1. The van der Waals surface area contributed by atoms with Crippen molar-refractivity contribution in [2.45, 2.75) is 25.4 Å². The smallest absolute Gasteiger partial charge is 0.169 e. The van der Waals surface area contributed by atoms with E-state index in [0.29, 0.717) is 17.9 Å². The van der Waals surface area contributed by atoms with Crippen molar-refractivity contribution in [1.29, 1.82) is 0 Å². The van der Waals surface area contributed by atoms with Gasteiger partial charge in [0.25, 0.3) is 0 Å². The van der Waals surface area contributed by atoms with Crippen molar-refractivity contribution >= 4 is 17.2 Å². The molecule has 3 aliphatic heterocycles. The van der Waals surface area contributed by atoms with Gasteiger partial charge in [0.2, 0.25) is 0 Å². The van der Waals surface area contributed by atoms with Gasteiger partial charge in [-0.15, -0.1) is 10.2 Å². The number of piperazine rings is 1. The summed E-state index contributed by atoms with van der Waals surface area (Å²) in [6.07, 6.45) is 3.12. The maximum absolute atomic E-state index is 6.19. The van der Waals surface area contributed by atoms with Crippen LogP contribution in [0.15, 0.2) is 54.7 Å². The van der Waals surface area contributed by atoms with Crippen LogP contribution in [-0.2, 0) is 0 Å². The zero-order valence-electron chi connectivity index (χ0n) is 15.3. The lowest BCUT2D eigenvalue weighted by molar-refractivity contribution is 0.291. The Bertz CT molecular complexity index is 961. The van der Waals surface area contributed by atoms with Crippen LogP contribution in [0, 0.1) is 6.92 Å². The van der Waals surface area contributed by atoms with Crippen LogP contribution in [0.4, 0.5) is 17.2 Å². The molecule has 1 aromatic carbocycles. The fourth-order valence-corrected chi connectivity index (χ4v) is 4.31. The Morgan fingerprint density at radius 3 is 2.52 bits per heavy atom. The standard InChI is InChI=1S/C21H22N6/c1-14-9-16(7-8-23-14)27-17-10-18(27)13-26(12-17)20-11-19(24-25-21(20)22)15-5-3-2-4-6-15/h2-9,11,17-18H,10,12-13H2,1H3,(H2,22,25). The largest absolute Gasteiger partial charge is 0.380 e. The fourth-order valence-electron chi connectivity index (χ4n) is 4.31. The van der Waals surface area contributed by atoms with E-state index in [0.717, 1.165) is 35.7 Å². The Labute approximate surface area is 158 Å². The van der Waals surface area contributed by atoms with Crippen molar-refractivity contribution in [3.8, 4) is 11.3 Å². The van der Waals surface area contributed by atoms with Gasteiger partial charge in [0.15, 0.2) is 5.82 Å². The molecule has 0 saturated carbocycles. The third-order valence-corrected chi connectivity index (χ3v) is 5.58. The number of fused-ring (bicyclic) bond motifs is 2. The molecule has 3 aromatic rings. The molecule has 6 heteroatoms. The van der Waals surface area contributed by atoms with Gasteiger partial charge >= 0.3 is 0 Å². The zero-order chi connectivity index (χ0) is 18.4. The number of nitrogen functional groups attached to an aromatic ring is 1. The summed E-state index contributed by atoms with van der Waals surface area (Å²) in [5, 5.41) is 8.51. The molecule has 6 rings (SSSR count). The van der Waals surface area contributed by atoms with Crippen LogP contribution in [0.1, 0.15) is 12.1 Å². The number of hydrogen-bond donors (Lipinski definition) is 1. The summed E-state index contributed by atoms with van der Waals surface area (Å²) in [7, 11) is 0. The maximum atomic E-state index is 6.19. The van der Waals surface area contributed by atoms with Gasteiger partial charge in [-0.1, -0.05) is 30.3 Å².